The first-order chi connectivity index (χ1) is 10.8. The minimum Gasteiger partial charge on any atom is -0.497 e. The van der Waals surface area contributed by atoms with Gasteiger partial charge in [-0.15, -0.1) is 24.0 Å². The molecule has 0 saturated heterocycles. The summed E-state index contributed by atoms with van der Waals surface area (Å²) in [7, 11) is 3.51. The van der Waals surface area contributed by atoms with Crippen LogP contribution in [0.3, 0.4) is 0 Å². The molecule has 0 saturated carbocycles. The zero-order valence-corrected chi connectivity index (χ0v) is 17.6. The number of methoxy groups -OCH3 is 1. The average molecular weight is 451 g/mol. The molecule has 0 heterocycles. The van der Waals surface area contributed by atoms with Crippen LogP contribution < -0.4 is 15.4 Å². The van der Waals surface area contributed by atoms with Crippen molar-refractivity contribution in [2.24, 2.45) is 4.99 Å². The number of nitrogens with zero attached hydrogens (tertiary/aromatic N) is 1. The normalized spacial score (nSPS) is 10.8. The van der Waals surface area contributed by atoms with Crippen LogP contribution in [0.15, 0.2) is 29.3 Å². The Labute approximate surface area is 162 Å². The van der Waals surface area contributed by atoms with Crippen molar-refractivity contribution in [3.05, 3.63) is 29.8 Å². The van der Waals surface area contributed by atoms with Gasteiger partial charge in [-0.3, -0.25) is 4.99 Å². The molecule has 0 aliphatic heterocycles. The van der Waals surface area contributed by atoms with E-state index < -0.39 is 0 Å². The Morgan fingerprint density at radius 3 is 2.30 bits per heavy atom. The fourth-order valence-electron chi connectivity index (χ4n) is 2.09. The van der Waals surface area contributed by atoms with Crippen molar-refractivity contribution in [3.8, 4) is 5.75 Å². The van der Waals surface area contributed by atoms with Crippen molar-refractivity contribution in [3.63, 3.8) is 0 Å². The number of benzene rings is 1. The first kappa shape index (κ1) is 22.4. The minimum absolute atomic E-state index is 0. The van der Waals surface area contributed by atoms with Gasteiger partial charge in [0.1, 0.15) is 5.75 Å². The summed E-state index contributed by atoms with van der Waals surface area (Å²) in [6, 6.07) is 8.27. The van der Waals surface area contributed by atoms with E-state index in [1.54, 1.807) is 7.11 Å². The van der Waals surface area contributed by atoms with Crippen LogP contribution in [0.25, 0.3) is 0 Å². The van der Waals surface area contributed by atoms with E-state index in [4.69, 9.17) is 4.74 Å². The average Bonchev–Trinajstić information content (AvgIpc) is 2.57. The lowest BCUT2D eigenvalue weighted by molar-refractivity contribution is 0.414. The van der Waals surface area contributed by atoms with Gasteiger partial charge in [-0.25, -0.2) is 0 Å². The van der Waals surface area contributed by atoms with E-state index in [-0.39, 0.29) is 24.0 Å². The van der Waals surface area contributed by atoms with Gasteiger partial charge in [0, 0.05) is 20.1 Å². The number of nitrogens with one attached hydrogen (secondary N) is 2. The Kier molecular flexibility index (Phi) is 14.5. The minimum atomic E-state index is 0. The van der Waals surface area contributed by atoms with Gasteiger partial charge < -0.3 is 15.4 Å². The molecular formula is C17H30IN3OS. The lowest BCUT2D eigenvalue weighted by Crippen LogP contribution is -2.38. The van der Waals surface area contributed by atoms with Crippen LogP contribution in [0.5, 0.6) is 5.75 Å². The number of hydrogen-bond donors (Lipinski definition) is 2. The smallest absolute Gasteiger partial charge is 0.190 e. The van der Waals surface area contributed by atoms with E-state index in [9.17, 15) is 0 Å². The fraction of sp³-hybridized carbons (Fsp3) is 0.588. The fourth-order valence-corrected chi connectivity index (χ4v) is 2.58. The molecule has 0 amide bonds. The van der Waals surface area contributed by atoms with Crippen LogP contribution in [-0.2, 0) is 6.42 Å². The molecule has 0 spiro atoms. The van der Waals surface area contributed by atoms with E-state index in [1.807, 2.05) is 30.9 Å². The molecule has 0 aliphatic rings. The molecule has 0 unspecified atom stereocenters. The van der Waals surface area contributed by atoms with Crippen molar-refractivity contribution in [1.82, 2.24) is 10.6 Å². The van der Waals surface area contributed by atoms with Crippen molar-refractivity contribution >= 4 is 41.7 Å². The van der Waals surface area contributed by atoms with Crippen LogP contribution in [0, 0.1) is 0 Å². The number of guanidine groups is 1. The van der Waals surface area contributed by atoms with Gasteiger partial charge in [0.05, 0.1) is 7.11 Å². The quantitative estimate of drug-likeness (QED) is 0.247. The highest BCUT2D eigenvalue weighted by Gasteiger charge is 1.98. The molecule has 1 aromatic rings. The van der Waals surface area contributed by atoms with Gasteiger partial charge in [0.2, 0.25) is 0 Å². The molecule has 2 N–H and O–H groups in total. The molecule has 4 nitrogen and oxygen atoms in total. The third-order valence-electron chi connectivity index (χ3n) is 3.39. The van der Waals surface area contributed by atoms with Gasteiger partial charge in [-0.1, -0.05) is 12.1 Å². The second kappa shape index (κ2) is 14.9. The zero-order chi connectivity index (χ0) is 16.0. The monoisotopic (exact) mass is 451 g/mol. The second-order valence-electron chi connectivity index (χ2n) is 5.08. The van der Waals surface area contributed by atoms with Crippen LogP contribution in [0.1, 0.15) is 24.8 Å². The van der Waals surface area contributed by atoms with Crippen molar-refractivity contribution in [2.75, 3.05) is 39.3 Å². The van der Waals surface area contributed by atoms with Gasteiger partial charge in [-0.2, -0.15) is 11.8 Å². The Balaban J connectivity index is 0.00000484. The van der Waals surface area contributed by atoms with Crippen LogP contribution >= 0.6 is 35.7 Å². The van der Waals surface area contributed by atoms with E-state index in [2.05, 4.69) is 34.0 Å². The van der Waals surface area contributed by atoms with Crippen LogP contribution in [0.4, 0.5) is 0 Å². The molecule has 23 heavy (non-hydrogen) atoms. The van der Waals surface area contributed by atoms with E-state index in [0.717, 1.165) is 37.6 Å². The second-order valence-corrected chi connectivity index (χ2v) is 6.06. The predicted molar refractivity (Wildman–Crippen MR) is 114 cm³/mol. The Bertz CT molecular complexity index is 426. The number of aliphatic imine (C=N–C) groups is 1. The maximum atomic E-state index is 5.17. The van der Waals surface area contributed by atoms with Gasteiger partial charge in [0.25, 0.3) is 0 Å². The summed E-state index contributed by atoms with van der Waals surface area (Å²) >= 11 is 1.90. The van der Waals surface area contributed by atoms with Gasteiger partial charge >= 0.3 is 0 Å². The first-order valence-corrected chi connectivity index (χ1v) is 9.26. The highest BCUT2D eigenvalue weighted by atomic mass is 127. The van der Waals surface area contributed by atoms with E-state index in [0.29, 0.717) is 0 Å². The summed E-state index contributed by atoms with van der Waals surface area (Å²) < 4.78 is 5.17. The van der Waals surface area contributed by atoms with Crippen molar-refractivity contribution < 1.29 is 4.74 Å². The van der Waals surface area contributed by atoms with E-state index >= 15 is 0 Å². The standard InChI is InChI=1S/C17H29N3OS.HI/c1-18-17(19-12-4-5-14-22-3)20-13-6-7-15-8-10-16(21-2)11-9-15;/h8-11H,4-7,12-14H2,1-3H3,(H2,18,19,20);1H. The number of hydrogen-bond acceptors (Lipinski definition) is 3. The number of rotatable bonds is 10. The number of ether oxygens (including phenoxy) is 1. The molecule has 0 aromatic heterocycles. The van der Waals surface area contributed by atoms with Crippen LogP contribution in [-0.4, -0.2) is 45.2 Å². The zero-order valence-electron chi connectivity index (χ0n) is 14.4. The molecule has 1 rings (SSSR count). The molecule has 0 radical (unpaired) electrons. The molecule has 0 bridgehead atoms. The lowest BCUT2D eigenvalue weighted by atomic mass is 10.1. The Hall–Kier alpha value is -0.630. The molecule has 0 atom stereocenters. The maximum Gasteiger partial charge on any atom is 0.190 e. The predicted octanol–water partition coefficient (Wildman–Crippen LogP) is 3.55. The third-order valence-corrected chi connectivity index (χ3v) is 4.08. The van der Waals surface area contributed by atoms with Crippen LogP contribution in [0.2, 0.25) is 0 Å². The van der Waals surface area contributed by atoms with Crippen molar-refractivity contribution in [2.45, 2.75) is 25.7 Å². The first-order valence-electron chi connectivity index (χ1n) is 7.86. The number of unbranched alkanes of at least 4 members (excludes halogenated alkanes) is 1. The molecule has 0 fully saturated rings. The van der Waals surface area contributed by atoms with Crippen molar-refractivity contribution in [1.29, 1.82) is 0 Å². The topological polar surface area (TPSA) is 45.7 Å². The largest absolute Gasteiger partial charge is 0.497 e. The summed E-state index contributed by atoms with van der Waals surface area (Å²) in [6.45, 7) is 1.91. The Morgan fingerprint density at radius 2 is 1.74 bits per heavy atom. The number of thioether (sulfide) groups is 1. The Morgan fingerprint density at radius 1 is 1.09 bits per heavy atom. The van der Waals surface area contributed by atoms with Gasteiger partial charge in [0.15, 0.2) is 5.96 Å². The number of aryl methyl sites for hydroxylation is 1. The highest BCUT2D eigenvalue weighted by molar-refractivity contribution is 14.0. The summed E-state index contributed by atoms with van der Waals surface area (Å²) in [5.74, 6) is 3.04. The lowest BCUT2D eigenvalue weighted by Gasteiger charge is -2.11. The summed E-state index contributed by atoms with van der Waals surface area (Å²) in [6.07, 6.45) is 6.73. The molecule has 1 aromatic carbocycles. The molecular weight excluding hydrogens is 421 g/mol. The van der Waals surface area contributed by atoms with E-state index in [1.165, 1.54) is 24.2 Å². The summed E-state index contributed by atoms with van der Waals surface area (Å²) in [4.78, 5) is 4.25. The third kappa shape index (κ3) is 10.7. The molecule has 6 heteroatoms. The maximum absolute atomic E-state index is 5.17. The molecule has 132 valence electrons. The number of halogens is 1. The highest BCUT2D eigenvalue weighted by Crippen LogP contribution is 2.12. The SMILES string of the molecule is CN=C(NCCCCSC)NCCCc1ccc(OC)cc1.I. The molecule has 0 aliphatic carbocycles. The summed E-state index contributed by atoms with van der Waals surface area (Å²) in [5, 5.41) is 6.72. The van der Waals surface area contributed by atoms with Gasteiger partial charge in [-0.05, 0) is 55.4 Å². The summed E-state index contributed by atoms with van der Waals surface area (Å²) in [5.41, 5.74) is 1.34.